The van der Waals surface area contributed by atoms with Crippen LogP contribution in [0.3, 0.4) is 0 Å². The normalized spacial score (nSPS) is 20.3. The van der Waals surface area contributed by atoms with Gasteiger partial charge in [-0.3, -0.25) is 4.90 Å². The molecule has 172 valence electrons. The lowest BCUT2D eigenvalue weighted by atomic mass is 9.94. The molecule has 4 rings (SSSR count). The van der Waals surface area contributed by atoms with Crippen molar-refractivity contribution in [3.63, 3.8) is 0 Å². The first kappa shape index (κ1) is 22.8. The van der Waals surface area contributed by atoms with Gasteiger partial charge in [-0.05, 0) is 24.5 Å². The van der Waals surface area contributed by atoms with E-state index >= 15 is 0 Å². The van der Waals surface area contributed by atoms with Gasteiger partial charge in [0.15, 0.2) is 20.7 Å². The fraction of sp³-hybridized carbons (Fsp3) is 0.409. The Morgan fingerprint density at radius 2 is 2.18 bits per heavy atom. The van der Waals surface area contributed by atoms with Gasteiger partial charge in [0.1, 0.15) is 17.9 Å². The van der Waals surface area contributed by atoms with Gasteiger partial charge in [-0.2, -0.15) is 5.26 Å². The topological polar surface area (TPSA) is 145 Å². The van der Waals surface area contributed by atoms with Crippen LogP contribution in [0.4, 0.5) is 5.69 Å². The van der Waals surface area contributed by atoms with Gasteiger partial charge in [-0.25, -0.2) is 23.4 Å². The van der Waals surface area contributed by atoms with Crippen LogP contribution < -0.4 is 5.32 Å². The lowest BCUT2D eigenvalue weighted by Gasteiger charge is -2.37. The third-order valence-electron chi connectivity index (χ3n) is 5.71. The third kappa shape index (κ3) is 5.02. The van der Waals surface area contributed by atoms with Crippen molar-refractivity contribution in [2.75, 3.05) is 31.2 Å². The van der Waals surface area contributed by atoms with Crippen molar-refractivity contribution in [3.8, 4) is 17.5 Å². The first-order chi connectivity index (χ1) is 15.8. The van der Waals surface area contributed by atoms with Crippen LogP contribution in [-0.2, 0) is 14.6 Å². The first-order valence-corrected chi connectivity index (χ1v) is 12.5. The Labute approximate surface area is 192 Å². The number of aldehydes is 1. The van der Waals surface area contributed by atoms with Gasteiger partial charge in [-0.1, -0.05) is 6.92 Å². The van der Waals surface area contributed by atoms with Gasteiger partial charge < -0.3 is 15.1 Å². The van der Waals surface area contributed by atoms with Crippen molar-refractivity contribution in [2.24, 2.45) is 11.8 Å². The van der Waals surface area contributed by atoms with E-state index in [1.54, 1.807) is 12.4 Å². The van der Waals surface area contributed by atoms with Crippen molar-refractivity contribution in [1.82, 2.24) is 24.8 Å². The van der Waals surface area contributed by atoms with Crippen LogP contribution in [0.15, 0.2) is 35.7 Å². The van der Waals surface area contributed by atoms with E-state index in [9.17, 15) is 13.2 Å². The quantitative estimate of drug-likeness (QED) is 0.393. The SMILES string of the molecule is C[C@H]1C[C@@H](Nc2c(-c3nccc(S(C)(=O)=O)n3)cnc3[nH]ccc23)CN(CC(C#N)C=O)C1. The van der Waals surface area contributed by atoms with Crippen molar-refractivity contribution in [3.05, 3.63) is 30.7 Å². The molecule has 10 nitrogen and oxygen atoms in total. The van der Waals surface area contributed by atoms with Crippen molar-refractivity contribution in [2.45, 2.75) is 24.4 Å². The highest BCUT2D eigenvalue weighted by molar-refractivity contribution is 7.90. The molecule has 11 heteroatoms. The van der Waals surface area contributed by atoms with Gasteiger partial charge in [0.2, 0.25) is 0 Å². The number of aromatic nitrogens is 4. The number of pyridine rings is 1. The molecule has 1 aliphatic heterocycles. The molecule has 0 aromatic carbocycles. The molecule has 4 heterocycles. The van der Waals surface area contributed by atoms with Crippen LogP contribution in [0.2, 0.25) is 0 Å². The second kappa shape index (κ2) is 9.25. The number of nitriles is 1. The summed E-state index contributed by atoms with van der Waals surface area (Å²) in [5.74, 6) is -0.0303. The largest absolute Gasteiger partial charge is 0.380 e. The fourth-order valence-corrected chi connectivity index (χ4v) is 4.88. The summed E-state index contributed by atoms with van der Waals surface area (Å²) < 4.78 is 24.0. The van der Waals surface area contributed by atoms with Crippen LogP contribution in [-0.4, -0.2) is 71.5 Å². The minimum Gasteiger partial charge on any atom is -0.380 e. The summed E-state index contributed by atoms with van der Waals surface area (Å²) >= 11 is 0. The summed E-state index contributed by atoms with van der Waals surface area (Å²) in [5, 5.41) is 13.6. The maximum atomic E-state index is 12.0. The first-order valence-electron chi connectivity index (χ1n) is 10.6. The van der Waals surface area contributed by atoms with Crippen molar-refractivity contribution < 1.29 is 13.2 Å². The molecule has 3 aromatic heterocycles. The smallest absolute Gasteiger partial charge is 0.192 e. The summed E-state index contributed by atoms with van der Waals surface area (Å²) in [5.41, 5.74) is 2.05. The predicted octanol–water partition coefficient (Wildman–Crippen LogP) is 1.88. The maximum Gasteiger partial charge on any atom is 0.192 e. The maximum absolute atomic E-state index is 12.0. The lowest BCUT2D eigenvalue weighted by Crippen LogP contribution is -2.47. The summed E-state index contributed by atoms with van der Waals surface area (Å²) in [4.78, 5) is 29.4. The van der Waals surface area contributed by atoms with Crippen LogP contribution in [0.5, 0.6) is 0 Å². The molecule has 0 amide bonds. The number of carbonyl (C=O) groups is 1. The zero-order chi connectivity index (χ0) is 23.6. The number of fused-ring (bicyclic) bond motifs is 1. The molecule has 1 unspecified atom stereocenters. The molecule has 1 saturated heterocycles. The molecule has 0 saturated carbocycles. The Balaban J connectivity index is 1.70. The molecule has 0 bridgehead atoms. The van der Waals surface area contributed by atoms with Gasteiger partial charge in [0, 0.05) is 55.9 Å². The average molecular weight is 468 g/mol. The van der Waals surface area contributed by atoms with Gasteiger partial charge in [-0.15, -0.1) is 0 Å². The number of anilines is 1. The number of aromatic amines is 1. The molecular weight excluding hydrogens is 442 g/mol. The number of sulfone groups is 1. The van der Waals surface area contributed by atoms with E-state index < -0.39 is 15.8 Å². The summed E-state index contributed by atoms with van der Waals surface area (Å²) in [6, 6.07) is 5.35. The van der Waals surface area contributed by atoms with E-state index in [-0.39, 0.29) is 16.9 Å². The van der Waals surface area contributed by atoms with E-state index in [4.69, 9.17) is 5.26 Å². The molecule has 33 heavy (non-hydrogen) atoms. The molecule has 1 fully saturated rings. The number of rotatable bonds is 7. The predicted molar refractivity (Wildman–Crippen MR) is 123 cm³/mol. The number of hydrogen-bond acceptors (Lipinski definition) is 9. The molecule has 0 spiro atoms. The number of hydrogen-bond donors (Lipinski definition) is 2. The van der Waals surface area contributed by atoms with Gasteiger partial charge in [0.25, 0.3) is 0 Å². The number of H-pyrrole nitrogens is 1. The van der Waals surface area contributed by atoms with Crippen LogP contribution >= 0.6 is 0 Å². The molecule has 0 radical (unpaired) electrons. The van der Waals surface area contributed by atoms with Crippen LogP contribution in [0, 0.1) is 23.2 Å². The highest BCUT2D eigenvalue weighted by Crippen LogP contribution is 2.33. The number of likely N-dealkylation sites (tertiary alicyclic amines) is 1. The standard InChI is InChI=1S/C22H25N7O3S/c1-14-7-16(12-29(10-14)11-15(8-23)13-30)27-20-17-3-5-24-21(17)26-9-18(20)22-25-6-4-19(28-22)33(2,31)32/h3-6,9,13-16H,7,10-12H2,1-2H3,(H2,24,26,27)/t14-,15?,16+/m0/s1. The second-order valence-corrected chi connectivity index (χ2v) is 10.5. The Hall–Kier alpha value is -3.36. The number of carbonyl (C=O) groups excluding carboxylic acids is 1. The van der Waals surface area contributed by atoms with E-state index in [0.717, 1.165) is 30.3 Å². The summed E-state index contributed by atoms with van der Waals surface area (Å²) in [7, 11) is -3.50. The summed E-state index contributed by atoms with van der Waals surface area (Å²) in [6.07, 6.45) is 7.54. The van der Waals surface area contributed by atoms with Crippen molar-refractivity contribution in [1.29, 1.82) is 5.26 Å². The second-order valence-electron chi connectivity index (χ2n) is 8.55. The van der Waals surface area contributed by atoms with E-state index in [0.29, 0.717) is 36.5 Å². The molecule has 0 aliphatic carbocycles. The minimum atomic E-state index is -3.50. The molecule has 3 aromatic rings. The van der Waals surface area contributed by atoms with Gasteiger partial charge in [0.05, 0.1) is 17.3 Å². The molecule has 2 N–H and O–H groups in total. The van der Waals surface area contributed by atoms with Crippen molar-refractivity contribution >= 4 is 32.8 Å². The number of piperidine rings is 1. The van der Waals surface area contributed by atoms with E-state index in [1.807, 2.05) is 12.1 Å². The summed E-state index contributed by atoms with van der Waals surface area (Å²) in [6.45, 7) is 4.01. The Kier molecular flexibility index (Phi) is 6.40. The zero-order valence-electron chi connectivity index (χ0n) is 18.4. The van der Waals surface area contributed by atoms with Gasteiger partial charge >= 0.3 is 0 Å². The van der Waals surface area contributed by atoms with E-state index in [1.165, 1.54) is 12.3 Å². The Bertz CT molecular complexity index is 1320. The minimum absolute atomic E-state index is 0.0390. The highest BCUT2D eigenvalue weighted by atomic mass is 32.2. The lowest BCUT2D eigenvalue weighted by molar-refractivity contribution is -0.110. The average Bonchev–Trinajstić information content (AvgIpc) is 3.26. The third-order valence-corrected chi connectivity index (χ3v) is 6.69. The fourth-order valence-electron chi connectivity index (χ4n) is 4.32. The number of nitrogens with zero attached hydrogens (tertiary/aromatic N) is 5. The Morgan fingerprint density at radius 1 is 1.36 bits per heavy atom. The number of nitrogens with one attached hydrogen (secondary N) is 2. The van der Waals surface area contributed by atoms with E-state index in [2.05, 4.69) is 37.1 Å². The highest BCUT2D eigenvalue weighted by Gasteiger charge is 2.28. The monoisotopic (exact) mass is 467 g/mol. The zero-order valence-corrected chi connectivity index (χ0v) is 19.2. The Morgan fingerprint density at radius 3 is 2.91 bits per heavy atom. The molecule has 3 atom stereocenters. The molecular formula is C22H25N7O3S. The van der Waals surface area contributed by atoms with Crippen LogP contribution in [0.25, 0.3) is 22.4 Å². The molecule has 1 aliphatic rings. The van der Waals surface area contributed by atoms with Crippen LogP contribution in [0.1, 0.15) is 13.3 Å².